The van der Waals surface area contributed by atoms with Crippen LogP contribution in [0, 0.1) is 6.92 Å². The van der Waals surface area contributed by atoms with Crippen LogP contribution in [0.15, 0.2) is 41.7 Å². The van der Waals surface area contributed by atoms with Gasteiger partial charge in [0.25, 0.3) is 0 Å². The van der Waals surface area contributed by atoms with Gasteiger partial charge in [-0.2, -0.15) is 17.6 Å². The lowest BCUT2D eigenvalue weighted by molar-refractivity contribution is -0.253. The summed E-state index contributed by atoms with van der Waals surface area (Å²) >= 11 is 0. The third kappa shape index (κ3) is 3.85. The fraction of sp³-hybridized carbons (Fsp3) is 0.250. The Hall–Kier alpha value is -2.49. The molecule has 1 N–H and O–H groups in total. The number of alkyl halides is 4. The van der Waals surface area contributed by atoms with Gasteiger partial charge in [0, 0.05) is 12.3 Å². The second kappa shape index (κ2) is 7.02. The van der Waals surface area contributed by atoms with Gasteiger partial charge in [-0.3, -0.25) is 9.19 Å². The molecule has 3 rings (SSSR count). The Balaban J connectivity index is 1.83. The van der Waals surface area contributed by atoms with Crippen molar-refractivity contribution in [2.75, 3.05) is 0 Å². The average Bonchev–Trinajstić information content (AvgIpc) is 3.00. The zero-order valence-corrected chi connectivity index (χ0v) is 14.2. The fourth-order valence-electron chi connectivity index (χ4n) is 2.20. The van der Waals surface area contributed by atoms with E-state index in [1.165, 1.54) is 6.07 Å². The van der Waals surface area contributed by atoms with Crippen LogP contribution in [-0.2, 0) is 16.6 Å². The number of pyridine rings is 1. The molecular formula is C16H13F4N3O2S. The SMILES string of the molecule is Cc1cccnc1CS(=O)c1nc2ccc(OC(F)(F)C(F)F)cc2[nH]1. The Morgan fingerprint density at radius 3 is 2.77 bits per heavy atom. The van der Waals surface area contributed by atoms with E-state index in [2.05, 4.69) is 19.7 Å². The number of nitrogens with zero attached hydrogens (tertiary/aromatic N) is 2. The summed E-state index contributed by atoms with van der Waals surface area (Å²) in [6.45, 7) is 1.84. The van der Waals surface area contributed by atoms with Crippen molar-refractivity contribution in [3.05, 3.63) is 47.8 Å². The molecule has 1 atom stereocenters. The van der Waals surface area contributed by atoms with Gasteiger partial charge < -0.3 is 9.72 Å². The minimum absolute atomic E-state index is 0.124. The summed E-state index contributed by atoms with van der Waals surface area (Å²) in [6.07, 6.45) is -6.97. The standard InChI is InChI=1S/C16H13F4N3O2S/c1-9-3-2-6-21-13(9)8-26(24)15-22-11-5-4-10(7-12(11)23-15)25-16(19,20)14(17)18/h2-7,14H,8H2,1H3,(H,22,23). The summed E-state index contributed by atoms with van der Waals surface area (Å²) in [5, 5.41) is 0.128. The van der Waals surface area contributed by atoms with Crippen molar-refractivity contribution in [1.29, 1.82) is 0 Å². The van der Waals surface area contributed by atoms with Gasteiger partial charge in [-0.15, -0.1) is 0 Å². The maximum Gasteiger partial charge on any atom is 0.461 e. The molecule has 2 heterocycles. The van der Waals surface area contributed by atoms with E-state index in [-0.39, 0.29) is 16.4 Å². The second-order valence-electron chi connectivity index (χ2n) is 5.44. The number of hydrogen-bond donors (Lipinski definition) is 1. The third-order valence-corrected chi connectivity index (χ3v) is 4.70. The van der Waals surface area contributed by atoms with Crippen LogP contribution >= 0.6 is 0 Å². The van der Waals surface area contributed by atoms with Gasteiger partial charge in [0.05, 0.1) is 33.3 Å². The molecule has 1 aromatic carbocycles. The lowest BCUT2D eigenvalue weighted by Gasteiger charge is -2.16. The third-order valence-electron chi connectivity index (χ3n) is 3.54. The number of ether oxygens (including phenoxy) is 1. The zero-order chi connectivity index (χ0) is 18.9. The van der Waals surface area contributed by atoms with Gasteiger partial charge in [-0.25, -0.2) is 4.98 Å². The van der Waals surface area contributed by atoms with Gasteiger partial charge in [-0.05, 0) is 30.7 Å². The second-order valence-corrected chi connectivity index (χ2v) is 6.81. The van der Waals surface area contributed by atoms with Crippen molar-refractivity contribution in [2.24, 2.45) is 0 Å². The predicted molar refractivity (Wildman–Crippen MR) is 86.8 cm³/mol. The first-order valence-electron chi connectivity index (χ1n) is 7.40. The van der Waals surface area contributed by atoms with Crippen molar-refractivity contribution < 1.29 is 26.5 Å². The van der Waals surface area contributed by atoms with Crippen molar-refractivity contribution in [1.82, 2.24) is 15.0 Å². The number of halogens is 4. The molecule has 0 saturated heterocycles. The predicted octanol–water partition coefficient (Wildman–Crippen LogP) is 3.81. The number of rotatable bonds is 6. The molecular weight excluding hydrogens is 374 g/mol. The molecule has 0 aliphatic rings. The molecule has 138 valence electrons. The molecule has 0 radical (unpaired) electrons. The van der Waals surface area contributed by atoms with Crippen LogP contribution in [0.5, 0.6) is 5.75 Å². The fourth-order valence-corrected chi connectivity index (χ4v) is 3.31. The number of fused-ring (bicyclic) bond motifs is 1. The van der Waals surface area contributed by atoms with Gasteiger partial charge in [0.1, 0.15) is 5.75 Å². The van der Waals surface area contributed by atoms with Crippen LogP contribution in [0.2, 0.25) is 0 Å². The minimum atomic E-state index is -4.60. The number of hydrogen-bond acceptors (Lipinski definition) is 4. The molecule has 3 aromatic rings. The summed E-state index contributed by atoms with van der Waals surface area (Å²) in [4.78, 5) is 11.0. The molecule has 1 unspecified atom stereocenters. The Morgan fingerprint density at radius 1 is 1.31 bits per heavy atom. The van der Waals surface area contributed by atoms with E-state index in [0.717, 1.165) is 17.7 Å². The number of imidazole rings is 1. The zero-order valence-electron chi connectivity index (χ0n) is 13.4. The molecule has 0 saturated carbocycles. The van der Waals surface area contributed by atoms with E-state index >= 15 is 0 Å². The van der Waals surface area contributed by atoms with Crippen molar-refractivity contribution in [2.45, 2.75) is 30.4 Å². The van der Waals surface area contributed by atoms with E-state index in [9.17, 15) is 21.8 Å². The topological polar surface area (TPSA) is 67.9 Å². The van der Waals surface area contributed by atoms with Gasteiger partial charge in [-0.1, -0.05) is 6.07 Å². The maximum atomic E-state index is 13.0. The quantitative estimate of drug-likeness (QED) is 0.653. The van der Waals surface area contributed by atoms with Crippen LogP contribution < -0.4 is 4.74 Å². The lowest BCUT2D eigenvalue weighted by atomic mass is 10.2. The molecule has 0 spiro atoms. The smallest absolute Gasteiger partial charge is 0.428 e. The lowest BCUT2D eigenvalue weighted by Crippen LogP contribution is -2.33. The molecule has 10 heteroatoms. The van der Waals surface area contributed by atoms with Crippen molar-refractivity contribution in [3.8, 4) is 5.75 Å². The van der Waals surface area contributed by atoms with Crippen LogP contribution in [-0.4, -0.2) is 31.7 Å². The molecule has 0 fully saturated rings. The molecule has 0 amide bonds. The van der Waals surface area contributed by atoms with Crippen LogP contribution in [0.25, 0.3) is 11.0 Å². The Labute approximate surface area is 147 Å². The van der Waals surface area contributed by atoms with E-state index in [4.69, 9.17) is 0 Å². The highest BCUT2D eigenvalue weighted by Gasteiger charge is 2.44. The Bertz CT molecular complexity index is 962. The Morgan fingerprint density at radius 2 is 2.08 bits per heavy atom. The summed E-state index contributed by atoms with van der Waals surface area (Å²) in [5.41, 5.74) is 2.11. The van der Waals surface area contributed by atoms with E-state index in [1.54, 1.807) is 12.3 Å². The summed E-state index contributed by atoms with van der Waals surface area (Å²) in [7, 11) is -1.55. The molecule has 26 heavy (non-hydrogen) atoms. The highest BCUT2D eigenvalue weighted by molar-refractivity contribution is 7.84. The first-order chi connectivity index (χ1) is 12.3. The van der Waals surface area contributed by atoms with Crippen LogP contribution in [0.4, 0.5) is 17.6 Å². The molecule has 0 aliphatic heterocycles. The largest absolute Gasteiger partial charge is 0.461 e. The average molecular weight is 387 g/mol. The van der Waals surface area contributed by atoms with E-state index in [0.29, 0.717) is 11.2 Å². The van der Waals surface area contributed by atoms with Gasteiger partial charge in [0.15, 0.2) is 5.16 Å². The van der Waals surface area contributed by atoms with Gasteiger partial charge in [0.2, 0.25) is 0 Å². The monoisotopic (exact) mass is 387 g/mol. The number of aryl methyl sites for hydroxylation is 1. The van der Waals surface area contributed by atoms with Crippen molar-refractivity contribution >= 4 is 21.8 Å². The first-order valence-corrected chi connectivity index (χ1v) is 8.72. The molecule has 2 aromatic heterocycles. The number of H-pyrrole nitrogens is 1. The number of nitrogens with one attached hydrogen (secondary N) is 1. The molecule has 5 nitrogen and oxygen atoms in total. The number of aromatic nitrogens is 3. The normalized spacial score (nSPS) is 13.3. The minimum Gasteiger partial charge on any atom is -0.428 e. The number of aromatic amines is 1. The highest BCUT2D eigenvalue weighted by Crippen LogP contribution is 2.29. The summed E-state index contributed by atoms with van der Waals surface area (Å²) < 4.78 is 66.9. The summed E-state index contributed by atoms with van der Waals surface area (Å²) in [6, 6.07) is 7.11. The first kappa shape index (κ1) is 18.3. The number of benzene rings is 1. The van der Waals surface area contributed by atoms with Gasteiger partial charge >= 0.3 is 12.5 Å². The Kier molecular flexibility index (Phi) is 4.94. The summed E-state index contributed by atoms with van der Waals surface area (Å²) in [5.74, 6) is -0.330. The highest BCUT2D eigenvalue weighted by atomic mass is 32.2. The van der Waals surface area contributed by atoms with Crippen molar-refractivity contribution in [3.63, 3.8) is 0 Å². The van der Waals surface area contributed by atoms with E-state index < -0.39 is 29.1 Å². The van der Waals surface area contributed by atoms with Crippen LogP contribution in [0.1, 0.15) is 11.3 Å². The maximum absolute atomic E-state index is 13.0. The molecule has 0 bridgehead atoms. The van der Waals surface area contributed by atoms with Crippen LogP contribution in [0.3, 0.4) is 0 Å². The molecule has 0 aliphatic carbocycles. The van der Waals surface area contributed by atoms with E-state index in [1.807, 2.05) is 13.0 Å².